The molecule has 1 fully saturated rings. The summed E-state index contributed by atoms with van der Waals surface area (Å²) < 4.78 is 13.2. The lowest BCUT2D eigenvalue weighted by Crippen LogP contribution is -2.13. The van der Waals surface area contributed by atoms with Gasteiger partial charge in [-0.15, -0.1) is 6.58 Å². The SMILES string of the molecule is C=CC1CCC(CCc2cnc(-c3ccc(F)c(Cl)c3)nc2)CC1. The standard InChI is InChI=1S/C20H22ClFN2/c1-2-14-3-5-15(6-4-14)7-8-16-12-23-20(24-13-16)17-9-10-19(22)18(21)11-17/h2,9-15H,1,3-8H2. The molecule has 3 rings (SSSR count). The maximum atomic E-state index is 13.2. The highest BCUT2D eigenvalue weighted by molar-refractivity contribution is 6.31. The van der Waals surface area contributed by atoms with E-state index in [0.717, 1.165) is 23.5 Å². The zero-order valence-corrected chi connectivity index (χ0v) is 14.5. The molecule has 0 bridgehead atoms. The van der Waals surface area contributed by atoms with Gasteiger partial charge in [0.05, 0.1) is 5.02 Å². The van der Waals surface area contributed by atoms with E-state index in [2.05, 4.69) is 22.6 Å². The van der Waals surface area contributed by atoms with Crippen LogP contribution in [0.4, 0.5) is 4.39 Å². The fraction of sp³-hybridized carbons (Fsp3) is 0.400. The van der Waals surface area contributed by atoms with Crippen LogP contribution in [0.5, 0.6) is 0 Å². The number of halogens is 2. The van der Waals surface area contributed by atoms with E-state index in [1.807, 2.05) is 12.4 Å². The van der Waals surface area contributed by atoms with Gasteiger partial charge in [0.15, 0.2) is 5.82 Å². The maximum absolute atomic E-state index is 13.2. The molecule has 4 heteroatoms. The molecule has 2 aromatic rings. The lowest BCUT2D eigenvalue weighted by molar-refractivity contribution is 0.296. The van der Waals surface area contributed by atoms with E-state index in [-0.39, 0.29) is 5.02 Å². The van der Waals surface area contributed by atoms with E-state index in [4.69, 9.17) is 11.6 Å². The number of aromatic nitrogens is 2. The van der Waals surface area contributed by atoms with E-state index in [1.54, 1.807) is 12.1 Å². The fourth-order valence-electron chi connectivity index (χ4n) is 3.35. The molecule has 0 aliphatic heterocycles. The molecule has 0 spiro atoms. The molecule has 1 saturated carbocycles. The summed E-state index contributed by atoms with van der Waals surface area (Å²) in [6.07, 6.45) is 13.2. The Hall–Kier alpha value is -1.74. The van der Waals surface area contributed by atoms with Gasteiger partial charge < -0.3 is 0 Å². The molecular formula is C20H22ClFN2. The molecule has 0 unspecified atom stereocenters. The number of hydrogen-bond acceptors (Lipinski definition) is 2. The second kappa shape index (κ2) is 7.89. The average molecular weight is 345 g/mol. The van der Waals surface area contributed by atoms with Crippen molar-refractivity contribution < 1.29 is 4.39 Å². The lowest BCUT2D eigenvalue weighted by atomic mass is 9.80. The normalized spacial score (nSPS) is 20.8. The molecular weight excluding hydrogens is 323 g/mol. The summed E-state index contributed by atoms with van der Waals surface area (Å²) in [7, 11) is 0. The van der Waals surface area contributed by atoms with Gasteiger partial charge in [-0.3, -0.25) is 0 Å². The second-order valence-corrected chi connectivity index (χ2v) is 7.01. The van der Waals surface area contributed by atoms with E-state index >= 15 is 0 Å². The van der Waals surface area contributed by atoms with Crippen LogP contribution in [0.1, 0.15) is 37.7 Å². The minimum atomic E-state index is -0.428. The van der Waals surface area contributed by atoms with Crippen molar-refractivity contribution in [2.75, 3.05) is 0 Å². The Morgan fingerprint density at radius 2 is 1.88 bits per heavy atom. The molecule has 2 nitrogen and oxygen atoms in total. The first-order chi connectivity index (χ1) is 11.7. The molecule has 1 heterocycles. The molecule has 0 amide bonds. The minimum Gasteiger partial charge on any atom is -0.236 e. The number of nitrogens with zero attached hydrogens (tertiary/aromatic N) is 2. The van der Waals surface area contributed by atoms with E-state index in [1.165, 1.54) is 38.2 Å². The Morgan fingerprint density at radius 3 is 2.50 bits per heavy atom. The quantitative estimate of drug-likeness (QED) is 0.635. The Labute approximate surface area is 147 Å². The van der Waals surface area contributed by atoms with Crippen LogP contribution in [0.15, 0.2) is 43.2 Å². The zero-order chi connectivity index (χ0) is 16.9. The first-order valence-electron chi connectivity index (χ1n) is 8.54. The Bertz CT molecular complexity index is 691. The van der Waals surface area contributed by atoms with Gasteiger partial charge in [0.2, 0.25) is 0 Å². The summed E-state index contributed by atoms with van der Waals surface area (Å²) in [5.74, 6) is 1.67. The fourth-order valence-corrected chi connectivity index (χ4v) is 3.53. The van der Waals surface area contributed by atoms with Gasteiger partial charge in [-0.1, -0.05) is 17.7 Å². The Morgan fingerprint density at radius 1 is 1.17 bits per heavy atom. The first-order valence-corrected chi connectivity index (χ1v) is 8.92. The largest absolute Gasteiger partial charge is 0.236 e. The van der Waals surface area contributed by atoms with Gasteiger partial charge in [-0.25, -0.2) is 14.4 Å². The number of aryl methyl sites for hydroxylation is 1. The maximum Gasteiger partial charge on any atom is 0.159 e. The Kier molecular flexibility index (Phi) is 5.62. The molecule has 24 heavy (non-hydrogen) atoms. The van der Waals surface area contributed by atoms with Crippen LogP contribution in [0.2, 0.25) is 5.02 Å². The number of hydrogen-bond donors (Lipinski definition) is 0. The zero-order valence-electron chi connectivity index (χ0n) is 13.7. The van der Waals surface area contributed by atoms with Crippen molar-refractivity contribution in [2.45, 2.75) is 38.5 Å². The number of allylic oxidation sites excluding steroid dienone is 1. The molecule has 0 saturated heterocycles. The highest BCUT2D eigenvalue weighted by Gasteiger charge is 2.19. The van der Waals surface area contributed by atoms with Crippen LogP contribution in [-0.2, 0) is 6.42 Å². The van der Waals surface area contributed by atoms with Gasteiger partial charge in [0, 0.05) is 18.0 Å². The summed E-state index contributed by atoms with van der Waals surface area (Å²) in [6, 6.07) is 4.55. The third-order valence-electron chi connectivity index (χ3n) is 4.95. The molecule has 1 aromatic heterocycles. The minimum absolute atomic E-state index is 0.0929. The molecule has 1 aliphatic rings. The summed E-state index contributed by atoms with van der Waals surface area (Å²) in [5.41, 5.74) is 1.88. The van der Waals surface area contributed by atoms with Crippen LogP contribution in [0.3, 0.4) is 0 Å². The highest BCUT2D eigenvalue weighted by Crippen LogP contribution is 2.32. The second-order valence-electron chi connectivity index (χ2n) is 6.60. The van der Waals surface area contributed by atoms with Crippen LogP contribution >= 0.6 is 11.6 Å². The third-order valence-corrected chi connectivity index (χ3v) is 5.24. The van der Waals surface area contributed by atoms with Gasteiger partial charge >= 0.3 is 0 Å². The average Bonchev–Trinajstić information content (AvgIpc) is 2.63. The highest BCUT2D eigenvalue weighted by atomic mass is 35.5. The van der Waals surface area contributed by atoms with Gasteiger partial charge in [-0.05, 0) is 74.1 Å². The van der Waals surface area contributed by atoms with Crippen LogP contribution in [-0.4, -0.2) is 9.97 Å². The molecule has 0 N–H and O–H groups in total. The lowest BCUT2D eigenvalue weighted by Gasteiger charge is -2.26. The summed E-state index contributed by atoms with van der Waals surface area (Å²) in [4.78, 5) is 8.81. The predicted octanol–water partition coefficient (Wildman–Crippen LogP) is 5.86. The number of rotatable bonds is 5. The van der Waals surface area contributed by atoms with Crippen LogP contribution in [0, 0.1) is 17.7 Å². The summed E-state index contributed by atoms with van der Waals surface area (Å²) in [5, 5.41) is 0.0929. The first kappa shape index (κ1) is 17.1. The molecule has 1 aromatic carbocycles. The van der Waals surface area contributed by atoms with Gasteiger partial charge in [0.1, 0.15) is 5.82 Å². The van der Waals surface area contributed by atoms with Crippen molar-refractivity contribution in [2.24, 2.45) is 11.8 Å². The van der Waals surface area contributed by atoms with E-state index < -0.39 is 5.82 Å². The summed E-state index contributed by atoms with van der Waals surface area (Å²) in [6.45, 7) is 3.90. The van der Waals surface area contributed by atoms with Crippen LogP contribution in [0.25, 0.3) is 11.4 Å². The van der Waals surface area contributed by atoms with E-state index in [9.17, 15) is 4.39 Å². The topological polar surface area (TPSA) is 25.8 Å². The van der Waals surface area contributed by atoms with Crippen molar-refractivity contribution in [1.82, 2.24) is 9.97 Å². The smallest absolute Gasteiger partial charge is 0.159 e. The number of benzene rings is 1. The summed E-state index contributed by atoms with van der Waals surface area (Å²) >= 11 is 5.81. The van der Waals surface area contributed by atoms with Crippen molar-refractivity contribution >= 4 is 11.6 Å². The van der Waals surface area contributed by atoms with Crippen molar-refractivity contribution in [1.29, 1.82) is 0 Å². The van der Waals surface area contributed by atoms with Gasteiger partial charge in [0.25, 0.3) is 0 Å². The monoisotopic (exact) mass is 344 g/mol. The third kappa shape index (κ3) is 4.21. The van der Waals surface area contributed by atoms with E-state index in [0.29, 0.717) is 11.7 Å². The Balaban J connectivity index is 1.57. The van der Waals surface area contributed by atoms with Crippen molar-refractivity contribution in [3.8, 4) is 11.4 Å². The predicted molar refractivity (Wildman–Crippen MR) is 96.4 cm³/mol. The molecule has 126 valence electrons. The van der Waals surface area contributed by atoms with Crippen molar-refractivity contribution in [3.63, 3.8) is 0 Å². The van der Waals surface area contributed by atoms with Gasteiger partial charge in [-0.2, -0.15) is 0 Å². The van der Waals surface area contributed by atoms with Crippen LogP contribution < -0.4 is 0 Å². The molecule has 1 aliphatic carbocycles. The molecule has 0 atom stereocenters. The molecule has 0 radical (unpaired) electrons. The van der Waals surface area contributed by atoms with Crippen molar-refractivity contribution in [3.05, 3.63) is 59.7 Å².